The summed E-state index contributed by atoms with van der Waals surface area (Å²) in [5.74, 6) is -0.251. The van der Waals surface area contributed by atoms with Gasteiger partial charge < -0.3 is 4.90 Å². The molecule has 0 aromatic heterocycles. The first kappa shape index (κ1) is 10.6. The summed E-state index contributed by atoms with van der Waals surface area (Å²) in [7, 11) is 1.34. The number of likely N-dealkylation sites (N-methyl/N-ethyl adjacent to an activating group) is 1. The number of hydrogen-bond donors (Lipinski definition) is 0. The summed E-state index contributed by atoms with van der Waals surface area (Å²) < 4.78 is 25.0. The van der Waals surface area contributed by atoms with Gasteiger partial charge in [-0.3, -0.25) is 4.79 Å². The molecule has 1 spiro atoms. The largest absolute Gasteiger partial charge is 0.382 e. The fourth-order valence-corrected chi connectivity index (χ4v) is 3.68. The van der Waals surface area contributed by atoms with Gasteiger partial charge in [-0.25, -0.2) is 8.42 Å². The van der Waals surface area contributed by atoms with Gasteiger partial charge in [0.25, 0.3) is 0 Å². The van der Waals surface area contributed by atoms with Crippen molar-refractivity contribution in [2.45, 2.75) is 18.4 Å². The second kappa shape index (κ2) is 2.82. The van der Waals surface area contributed by atoms with Crippen molar-refractivity contribution >= 4 is 15.8 Å². The van der Waals surface area contributed by atoms with Crippen molar-refractivity contribution in [2.24, 2.45) is 0 Å². The summed E-state index contributed by atoms with van der Waals surface area (Å²) in [5, 5.41) is 0. The highest BCUT2D eigenvalue weighted by Crippen LogP contribution is 2.51. The lowest BCUT2D eigenvalue weighted by molar-refractivity contribution is -0.118. The highest BCUT2D eigenvalue weighted by molar-refractivity contribution is 7.94. The molecule has 0 aromatic carbocycles. The zero-order valence-electron chi connectivity index (χ0n) is 9.02. The number of nitrogens with zero attached hydrogens (tertiary/aromatic N) is 2. The Labute approximate surface area is 89.4 Å². The molecule has 2 rings (SSSR count). The molecule has 15 heavy (non-hydrogen) atoms. The van der Waals surface area contributed by atoms with Crippen LogP contribution >= 0.6 is 0 Å². The average Bonchev–Trinajstić information content (AvgIpc) is 2.89. The monoisotopic (exact) mass is 230 g/mol. The maximum atomic E-state index is 11.9. The number of hydrogen-bond acceptors (Lipinski definition) is 4. The third kappa shape index (κ3) is 1.24. The highest BCUT2D eigenvalue weighted by Gasteiger charge is 2.65. The maximum Gasteiger partial charge on any atom is 0.248 e. The van der Waals surface area contributed by atoms with E-state index in [0.717, 1.165) is 0 Å². The Morgan fingerprint density at radius 3 is 2.27 bits per heavy atom. The topological polar surface area (TPSA) is 57.7 Å². The maximum absolute atomic E-state index is 11.9. The zero-order chi connectivity index (χ0) is 11.4. The average molecular weight is 230 g/mol. The van der Waals surface area contributed by atoms with Crippen LogP contribution < -0.4 is 0 Å². The Kier molecular flexibility index (Phi) is 2.00. The van der Waals surface area contributed by atoms with Crippen molar-refractivity contribution < 1.29 is 13.2 Å². The van der Waals surface area contributed by atoms with E-state index >= 15 is 0 Å². The second-order valence-corrected chi connectivity index (χ2v) is 6.23. The zero-order valence-corrected chi connectivity index (χ0v) is 9.84. The molecule has 0 N–H and O–H groups in total. The molecule has 6 heteroatoms. The minimum Gasteiger partial charge on any atom is -0.382 e. The lowest BCUT2D eigenvalue weighted by Crippen LogP contribution is -2.33. The van der Waals surface area contributed by atoms with Crippen LogP contribution in [0.2, 0.25) is 0 Å². The molecule has 1 saturated carbocycles. The van der Waals surface area contributed by atoms with Crippen molar-refractivity contribution in [1.82, 2.24) is 9.21 Å². The van der Waals surface area contributed by atoms with Crippen molar-refractivity contribution in [3.63, 3.8) is 0 Å². The van der Waals surface area contributed by atoms with Crippen molar-refractivity contribution in [3.8, 4) is 0 Å². The van der Waals surface area contributed by atoms with Gasteiger partial charge in [-0.2, -0.15) is 4.31 Å². The van der Waals surface area contributed by atoms with Crippen LogP contribution in [0.15, 0.2) is 11.1 Å². The highest BCUT2D eigenvalue weighted by atomic mass is 32.2. The Bertz CT molecular complexity index is 446. The summed E-state index contributed by atoms with van der Waals surface area (Å²) in [6.07, 6.45) is 2.68. The molecule has 0 aromatic rings. The van der Waals surface area contributed by atoms with E-state index in [4.69, 9.17) is 0 Å². The molecule has 2 aliphatic rings. The first-order chi connectivity index (χ1) is 6.82. The molecule has 1 aliphatic heterocycles. The fraction of sp³-hybridized carbons (Fsp3) is 0.667. The molecule has 84 valence electrons. The van der Waals surface area contributed by atoms with E-state index in [1.165, 1.54) is 17.6 Å². The molecule has 1 saturated heterocycles. The normalized spacial score (nSPS) is 30.1. The Morgan fingerprint density at radius 2 is 1.93 bits per heavy atom. The fourth-order valence-electron chi connectivity index (χ4n) is 1.89. The van der Waals surface area contributed by atoms with E-state index in [2.05, 4.69) is 0 Å². The summed E-state index contributed by atoms with van der Waals surface area (Å²) in [6, 6.07) is 0. The van der Waals surface area contributed by atoms with Gasteiger partial charge in [-0.05, 0) is 12.8 Å². The van der Waals surface area contributed by atoms with Gasteiger partial charge in [0.15, 0.2) is 5.78 Å². The van der Waals surface area contributed by atoms with Crippen LogP contribution in [0.3, 0.4) is 0 Å². The van der Waals surface area contributed by atoms with Gasteiger partial charge in [0.05, 0.1) is 5.54 Å². The molecule has 0 atom stereocenters. The van der Waals surface area contributed by atoms with Crippen LogP contribution in [0.1, 0.15) is 12.8 Å². The van der Waals surface area contributed by atoms with Crippen LogP contribution in [-0.2, 0) is 14.8 Å². The molecule has 0 unspecified atom stereocenters. The molecule has 2 fully saturated rings. The SMILES string of the molecule is CN(C)/C=C1/C(=O)C2(CC2)N(C)S1(=O)=O. The predicted molar refractivity (Wildman–Crippen MR) is 55.4 cm³/mol. The number of carbonyl (C=O) groups excluding carboxylic acids is 1. The van der Waals surface area contributed by atoms with Gasteiger partial charge in [0.1, 0.15) is 4.91 Å². The van der Waals surface area contributed by atoms with Crippen LogP contribution in [0.5, 0.6) is 0 Å². The van der Waals surface area contributed by atoms with Crippen molar-refractivity contribution in [1.29, 1.82) is 0 Å². The minimum atomic E-state index is -3.55. The van der Waals surface area contributed by atoms with Crippen molar-refractivity contribution in [2.75, 3.05) is 21.1 Å². The number of sulfonamides is 1. The molecule has 1 heterocycles. The van der Waals surface area contributed by atoms with E-state index in [9.17, 15) is 13.2 Å². The van der Waals surface area contributed by atoms with Gasteiger partial charge in [-0.15, -0.1) is 0 Å². The standard InChI is InChI=1S/C9H14N2O3S/c1-10(2)6-7-8(12)9(4-5-9)11(3)15(7,13)14/h6H,4-5H2,1-3H3/b7-6-. The molecule has 1 aliphatic carbocycles. The minimum absolute atomic E-state index is 0.0764. The molecular formula is C9H14N2O3S. The van der Waals surface area contributed by atoms with Gasteiger partial charge in [-0.1, -0.05) is 0 Å². The molecule has 5 nitrogen and oxygen atoms in total. The Balaban J connectivity index is 2.54. The van der Waals surface area contributed by atoms with E-state index in [1.807, 2.05) is 0 Å². The van der Waals surface area contributed by atoms with Gasteiger partial charge >= 0.3 is 0 Å². The number of carbonyl (C=O) groups is 1. The Hall–Kier alpha value is -0.880. The number of rotatable bonds is 1. The quantitative estimate of drug-likeness (QED) is 0.584. The number of Topliss-reactive ketones (excluding diaryl/α,β-unsaturated/α-hetero) is 1. The summed E-state index contributed by atoms with van der Waals surface area (Å²) in [4.78, 5) is 13.4. The lowest BCUT2D eigenvalue weighted by Gasteiger charge is -2.13. The summed E-state index contributed by atoms with van der Waals surface area (Å²) in [6.45, 7) is 0. The number of ketones is 1. The smallest absolute Gasteiger partial charge is 0.248 e. The lowest BCUT2D eigenvalue weighted by atomic mass is 10.1. The van der Waals surface area contributed by atoms with Crippen LogP contribution in [-0.4, -0.2) is 50.1 Å². The van der Waals surface area contributed by atoms with Crippen LogP contribution in [0, 0.1) is 0 Å². The van der Waals surface area contributed by atoms with E-state index in [-0.39, 0.29) is 10.7 Å². The third-order valence-electron chi connectivity index (χ3n) is 2.99. The molecule has 0 radical (unpaired) electrons. The first-order valence-electron chi connectivity index (χ1n) is 4.74. The van der Waals surface area contributed by atoms with E-state index < -0.39 is 15.6 Å². The summed E-state index contributed by atoms with van der Waals surface area (Å²) in [5.41, 5.74) is -0.735. The van der Waals surface area contributed by atoms with E-state index in [1.54, 1.807) is 19.0 Å². The third-order valence-corrected chi connectivity index (χ3v) is 4.90. The van der Waals surface area contributed by atoms with Crippen LogP contribution in [0.4, 0.5) is 0 Å². The second-order valence-electron chi connectivity index (χ2n) is 4.29. The molecule has 0 bridgehead atoms. The molecular weight excluding hydrogens is 216 g/mol. The predicted octanol–water partition coefficient (Wildman–Crippen LogP) is -0.234. The van der Waals surface area contributed by atoms with Gasteiger partial charge in [0.2, 0.25) is 10.0 Å². The van der Waals surface area contributed by atoms with Crippen LogP contribution in [0.25, 0.3) is 0 Å². The summed E-state index contributed by atoms with van der Waals surface area (Å²) >= 11 is 0. The first-order valence-corrected chi connectivity index (χ1v) is 6.18. The van der Waals surface area contributed by atoms with Crippen molar-refractivity contribution in [3.05, 3.63) is 11.1 Å². The van der Waals surface area contributed by atoms with E-state index in [0.29, 0.717) is 12.8 Å². The van der Waals surface area contributed by atoms with Gasteiger partial charge in [0, 0.05) is 27.3 Å². The Morgan fingerprint density at radius 1 is 1.40 bits per heavy atom. The molecule has 0 amide bonds.